The number of hydrogen-bond donors (Lipinski definition) is 4. The van der Waals surface area contributed by atoms with Crippen LogP contribution in [0.25, 0.3) is 10.9 Å². The molecule has 2 atom stereocenters. The summed E-state index contributed by atoms with van der Waals surface area (Å²) >= 11 is 0. The third-order valence-corrected chi connectivity index (χ3v) is 5.57. The van der Waals surface area contributed by atoms with Crippen LogP contribution < -0.4 is 4.74 Å². The number of carbonyl (C=O) groups excluding carboxylic acids is 1. The fraction of sp³-hybridized carbons (Fsp3) is 0.318. The predicted octanol–water partition coefficient (Wildman–Crippen LogP) is 2.27. The first kappa shape index (κ1) is 19.6. The number of halogens is 1. The lowest BCUT2D eigenvalue weighted by Gasteiger charge is -2.32. The Balaban J connectivity index is 1.74. The maximum absolute atomic E-state index is 13.7. The molecule has 0 amide bonds. The van der Waals surface area contributed by atoms with E-state index in [-0.39, 0.29) is 18.2 Å². The van der Waals surface area contributed by atoms with Crippen LogP contribution in [0.2, 0.25) is 0 Å². The van der Waals surface area contributed by atoms with Gasteiger partial charge in [-0.1, -0.05) is 13.8 Å². The Hall–Kier alpha value is -2.74. The zero-order valence-electron chi connectivity index (χ0n) is 16.1. The minimum absolute atomic E-state index is 0.144. The van der Waals surface area contributed by atoms with Gasteiger partial charge in [0.2, 0.25) is 0 Å². The molecule has 152 valence electrons. The molecule has 0 aliphatic heterocycles. The Morgan fingerprint density at radius 1 is 1.14 bits per heavy atom. The molecule has 1 heterocycles. The smallest absolute Gasteiger partial charge is 0.195 e. The zero-order chi connectivity index (χ0) is 20.9. The molecule has 4 rings (SSSR count). The maximum atomic E-state index is 13.7. The van der Waals surface area contributed by atoms with E-state index in [1.165, 1.54) is 12.1 Å². The molecule has 0 saturated carbocycles. The fourth-order valence-electron chi connectivity index (χ4n) is 3.89. The molecule has 7 heteroatoms. The third kappa shape index (κ3) is 3.11. The fourth-order valence-corrected chi connectivity index (χ4v) is 3.89. The van der Waals surface area contributed by atoms with Gasteiger partial charge in [-0.25, -0.2) is 4.39 Å². The van der Waals surface area contributed by atoms with Crippen LogP contribution in [0.1, 0.15) is 41.0 Å². The van der Waals surface area contributed by atoms with Gasteiger partial charge in [0, 0.05) is 27.6 Å². The number of hydrogen-bond acceptors (Lipinski definition) is 5. The number of aliphatic hydroxyl groups excluding tert-OH is 3. The van der Waals surface area contributed by atoms with Gasteiger partial charge in [-0.2, -0.15) is 0 Å². The maximum Gasteiger partial charge on any atom is 0.195 e. The van der Waals surface area contributed by atoms with Crippen molar-refractivity contribution < 1.29 is 29.2 Å². The number of aromatic nitrogens is 1. The largest absolute Gasteiger partial charge is 0.491 e. The number of carbonyl (C=O) groups is 1. The van der Waals surface area contributed by atoms with E-state index in [1.54, 1.807) is 24.3 Å². The SMILES string of the molecule is CC1(C)c2cc(OC[C@@H](O)[C@H](O)CO)ccc2C(=O)c2c1[nH]c1cc(F)ccc21. The molecule has 0 fully saturated rings. The van der Waals surface area contributed by atoms with E-state index < -0.39 is 24.2 Å². The van der Waals surface area contributed by atoms with Crippen LogP contribution in [0.5, 0.6) is 5.75 Å². The molecule has 0 saturated heterocycles. The lowest BCUT2D eigenvalue weighted by Crippen LogP contribution is -2.34. The topological polar surface area (TPSA) is 103 Å². The first-order valence-electron chi connectivity index (χ1n) is 9.34. The molecule has 4 N–H and O–H groups in total. The van der Waals surface area contributed by atoms with Gasteiger partial charge in [0.25, 0.3) is 0 Å². The second-order valence-corrected chi connectivity index (χ2v) is 7.85. The number of ether oxygens (including phenoxy) is 1. The van der Waals surface area contributed by atoms with Gasteiger partial charge in [0.1, 0.15) is 30.4 Å². The number of nitrogens with one attached hydrogen (secondary N) is 1. The normalized spacial score (nSPS) is 17.0. The van der Waals surface area contributed by atoms with Crippen molar-refractivity contribution in [3.63, 3.8) is 0 Å². The number of rotatable bonds is 5. The predicted molar refractivity (Wildman–Crippen MR) is 105 cm³/mol. The lowest BCUT2D eigenvalue weighted by molar-refractivity contribution is -0.0339. The summed E-state index contributed by atoms with van der Waals surface area (Å²) in [5.41, 5.74) is 2.54. The average Bonchev–Trinajstić information content (AvgIpc) is 3.09. The first-order chi connectivity index (χ1) is 13.7. The van der Waals surface area contributed by atoms with Crippen molar-refractivity contribution in [1.29, 1.82) is 0 Å². The van der Waals surface area contributed by atoms with Crippen molar-refractivity contribution in [3.8, 4) is 5.75 Å². The first-order valence-corrected chi connectivity index (χ1v) is 9.34. The van der Waals surface area contributed by atoms with E-state index >= 15 is 0 Å². The van der Waals surface area contributed by atoms with Crippen molar-refractivity contribution in [2.45, 2.75) is 31.5 Å². The van der Waals surface area contributed by atoms with Crippen LogP contribution in [0, 0.1) is 5.82 Å². The number of fused-ring (bicyclic) bond motifs is 4. The monoisotopic (exact) mass is 399 g/mol. The summed E-state index contributed by atoms with van der Waals surface area (Å²) in [5.74, 6) is -0.0907. The molecule has 0 spiro atoms. The van der Waals surface area contributed by atoms with Crippen LogP contribution in [-0.4, -0.2) is 51.5 Å². The Labute approximate surface area is 166 Å². The van der Waals surface area contributed by atoms with E-state index in [0.29, 0.717) is 33.5 Å². The Kier molecular flexibility index (Phi) is 4.69. The van der Waals surface area contributed by atoms with Gasteiger partial charge in [-0.05, 0) is 42.0 Å². The standard InChI is InChI=1S/C22H22FNO5/c1-22(2)15-8-12(29-10-18(27)17(26)9-25)4-6-13(15)20(28)19-14-5-3-11(23)7-16(14)24-21(19)22/h3-8,17-18,24-27H,9-10H2,1-2H3/t17-,18-/m1/s1. The van der Waals surface area contributed by atoms with E-state index in [2.05, 4.69) is 4.98 Å². The molecule has 29 heavy (non-hydrogen) atoms. The summed E-state index contributed by atoms with van der Waals surface area (Å²) in [5, 5.41) is 28.8. The Bertz CT molecular complexity index is 1100. The average molecular weight is 399 g/mol. The van der Waals surface area contributed by atoms with Gasteiger partial charge in [-0.3, -0.25) is 4.79 Å². The van der Waals surface area contributed by atoms with Crippen molar-refractivity contribution in [2.24, 2.45) is 0 Å². The highest BCUT2D eigenvalue weighted by Crippen LogP contribution is 2.44. The van der Waals surface area contributed by atoms with Gasteiger partial charge in [0.15, 0.2) is 5.78 Å². The summed E-state index contributed by atoms with van der Waals surface area (Å²) in [6, 6.07) is 9.38. The van der Waals surface area contributed by atoms with Crippen LogP contribution in [0.15, 0.2) is 36.4 Å². The minimum Gasteiger partial charge on any atom is -0.491 e. The van der Waals surface area contributed by atoms with Crippen LogP contribution in [0.4, 0.5) is 4.39 Å². The van der Waals surface area contributed by atoms with E-state index in [4.69, 9.17) is 9.84 Å². The van der Waals surface area contributed by atoms with Gasteiger partial charge in [0.05, 0.1) is 12.2 Å². The van der Waals surface area contributed by atoms with Crippen molar-refractivity contribution in [1.82, 2.24) is 4.98 Å². The Morgan fingerprint density at radius 2 is 1.90 bits per heavy atom. The highest BCUT2D eigenvalue weighted by Gasteiger charge is 2.39. The number of benzene rings is 2. The van der Waals surface area contributed by atoms with E-state index in [9.17, 15) is 19.4 Å². The zero-order valence-corrected chi connectivity index (χ0v) is 16.1. The molecule has 3 aromatic rings. The summed E-state index contributed by atoms with van der Waals surface area (Å²) in [6.07, 6.45) is -2.53. The molecular formula is C22H22FNO5. The van der Waals surface area contributed by atoms with Crippen LogP contribution in [0.3, 0.4) is 0 Å². The summed E-state index contributed by atoms with van der Waals surface area (Å²) < 4.78 is 19.2. The highest BCUT2D eigenvalue weighted by atomic mass is 19.1. The number of H-pyrrole nitrogens is 1. The molecule has 1 aliphatic rings. The molecule has 2 aromatic carbocycles. The quantitative estimate of drug-likeness (QED) is 0.527. The summed E-state index contributed by atoms with van der Waals surface area (Å²) in [7, 11) is 0. The molecular weight excluding hydrogens is 377 g/mol. The molecule has 1 aliphatic carbocycles. The number of aliphatic hydroxyl groups is 3. The van der Waals surface area contributed by atoms with Crippen molar-refractivity contribution >= 4 is 16.7 Å². The molecule has 0 unspecified atom stereocenters. The van der Waals surface area contributed by atoms with E-state index in [0.717, 1.165) is 5.56 Å². The Morgan fingerprint density at radius 3 is 2.62 bits per heavy atom. The van der Waals surface area contributed by atoms with Crippen LogP contribution in [-0.2, 0) is 5.41 Å². The molecule has 1 aromatic heterocycles. The molecule has 6 nitrogen and oxygen atoms in total. The number of aromatic amines is 1. The van der Waals surface area contributed by atoms with Gasteiger partial charge in [-0.15, -0.1) is 0 Å². The minimum atomic E-state index is -1.29. The highest BCUT2D eigenvalue weighted by molar-refractivity contribution is 6.20. The summed E-state index contributed by atoms with van der Waals surface area (Å²) in [6.45, 7) is 3.17. The van der Waals surface area contributed by atoms with Gasteiger partial charge < -0.3 is 25.0 Å². The second-order valence-electron chi connectivity index (χ2n) is 7.85. The third-order valence-electron chi connectivity index (χ3n) is 5.57. The summed E-state index contributed by atoms with van der Waals surface area (Å²) in [4.78, 5) is 16.4. The van der Waals surface area contributed by atoms with Crippen molar-refractivity contribution in [2.75, 3.05) is 13.2 Å². The number of ketones is 1. The van der Waals surface area contributed by atoms with E-state index in [1.807, 2.05) is 13.8 Å². The lowest BCUT2D eigenvalue weighted by atomic mass is 9.71. The van der Waals surface area contributed by atoms with Crippen LogP contribution >= 0.6 is 0 Å². The second kappa shape index (κ2) is 6.95. The molecule has 0 bridgehead atoms. The molecule has 0 radical (unpaired) electrons. The van der Waals surface area contributed by atoms with Gasteiger partial charge >= 0.3 is 0 Å². The van der Waals surface area contributed by atoms with Crippen molar-refractivity contribution in [3.05, 3.63) is 64.6 Å².